The molecule has 0 amide bonds. The molecule has 174 valence electrons. The van der Waals surface area contributed by atoms with Gasteiger partial charge < -0.3 is 29.5 Å². The highest BCUT2D eigenvalue weighted by Crippen LogP contribution is 2.73. The molecule has 2 heterocycles. The summed E-state index contributed by atoms with van der Waals surface area (Å²) in [4.78, 5) is 16.6. The number of nitrogens with zero attached hydrogens (tertiary/aromatic N) is 1. The molecule has 2 aliphatic heterocycles. The summed E-state index contributed by atoms with van der Waals surface area (Å²) in [5.74, 6) is -0.637. The molecule has 11 atom stereocenters. The van der Waals surface area contributed by atoms with Crippen molar-refractivity contribution in [3.8, 4) is 0 Å². The van der Waals surface area contributed by atoms with Crippen molar-refractivity contribution in [2.75, 3.05) is 27.0 Å². The normalized spacial score (nSPS) is 60.5. The monoisotopic (exact) mass is 437 g/mol. The standard InChI is InChI=1S/C23H35NO7/c1-4-24-10-20(2)6-5-16(29-3)22-15(27)8-12-7-14(26)21(9-13(12)25)23(19(22)24,31-11-30-21)18(28)17(20)22/h12-14,16-19,25-26,28H,4-11H2,1-3H3/t12-,13+,14-,16+,17-,18+,19+,20+,21-,22+,23-/m1/s1. The first-order valence-electron chi connectivity index (χ1n) is 11.8. The van der Waals surface area contributed by atoms with E-state index in [1.807, 2.05) is 0 Å². The van der Waals surface area contributed by atoms with Crippen molar-refractivity contribution >= 4 is 5.78 Å². The van der Waals surface area contributed by atoms with E-state index in [1.54, 1.807) is 7.11 Å². The number of likely N-dealkylation sites (N-methyl/N-ethyl adjacent to an activating group) is 1. The van der Waals surface area contributed by atoms with Crippen LogP contribution in [0.5, 0.6) is 0 Å². The highest BCUT2D eigenvalue weighted by Gasteiger charge is 2.88. The van der Waals surface area contributed by atoms with Crippen molar-refractivity contribution < 1.29 is 34.3 Å². The van der Waals surface area contributed by atoms with E-state index in [1.165, 1.54) is 0 Å². The molecule has 0 unspecified atom stereocenters. The summed E-state index contributed by atoms with van der Waals surface area (Å²) in [6.45, 7) is 5.64. The van der Waals surface area contributed by atoms with Gasteiger partial charge in [0.15, 0.2) is 0 Å². The molecule has 7 fully saturated rings. The minimum atomic E-state index is -1.29. The number of piperidine rings is 1. The van der Waals surface area contributed by atoms with Crippen molar-refractivity contribution in [2.45, 2.75) is 87.6 Å². The molecule has 2 saturated heterocycles. The Morgan fingerprint density at radius 3 is 2.74 bits per heavy atom. The average molecular weight is 438 g/mol. The van der Waals surface area contributed by atoms with E-state index < -0.39 is 41.0 Å². The zero-order valence-corrected chi connectivity index (χ0v) is 18.6. The number of aliphatic hydroxyl groups is 3. The van der Waals surface area contributed by atoms with Gasteiger partial charge in [-0.25, -0.2) is 0 Å². The van der Waals surface area contributed by atoms with E-state index in [0.717, 1.165) is 19.4 Å². The predicted octanol–water partition coefficient (Wildman–Crippen LogP) is 0.0692. The van der Waals surface area contributed by atoms with Gasteiger partial charge in [-0.1, -0.05) is 13.8 Å². The van der Waals surface area contributed by atoms with Crippen molar-refractivity contribution in [2.24, 2.45) is 22.7 Å². The number of ketones is 1. The first-order chi connectivity index (χ1) is 14.7. The molecular weight excluding hydrogens is 402 g/mol. The van der Waals surface area contributed by atoms with Gasteiger partial charge in [-0.2, -0.15) is 0 Å². The number of likely N-dealkylation sites (tertiary alicyclic amines) is 1. The van der Waals surface area contributed by atoms with Crippen LogP contribution in [0.3, 0.4) is 0 Å². The first-order valence-corrected chi connectivity index (χ1v) is 11.8. The number of fused-ring (bicyclic) bond motifs is 3. The van der Waals surface area contributed by atoms with Gasteiger partial charge in [-0.05, 0) is 37.1 Å². The number of hydrogen-bond donors (Lipinski definition) is 3. The van der Waals surface area contributed by atoms with E-state index in [2.05, 4.69) is 18.7 Å². The molecular formula is C23H35NO7. The summed E-state index contributed by atoms with van der Waals surface area (Å²) in [7, 11) is 1.66. The lowest BCUT2D eigenvalue weighted by atomic mass is 9.49. The molecule has 7 bridgehead atoms. The molecule has 0 radical (unpaired) electrons. The quantitative estimate of drug-likeness (QED) is 0.557. The van der Waals surface area contributed by atoms with E-state index >= 15 is 0 Å². The Labute approximate surface area is 182 Å². The number of carbonyl (C=O) groups is 1. The highest BCUT2D eigenvalue weighted by atomic mass is 16.7. The number of hydrogen-bond acceptors (Lipinski definition) is 8. The highest BCUT2D eigenvalue weighted by molar-refractivity contribution is 5.89. The van der Waals surface area contributed by atoms with Crippen molar-refractivity contribution in [1.82, 2.24) is 4.90 Å². The Bertz CT molecular complexity index is 809. The minimum absolute atomic E-state index is 0.0406. The van der Waals surface area contributed by atoms with Crippen LogP contribution in [-0.2, 0) is 19.0 Å². The fourth-order valence-electron chi connectivity index (χ4n) is 9.37. The molecule has 5 saturated carbocycles. The largest absolute Gasteiger partial charge is 0.393 e. The van der Waals surface area contributed by atoms with Gasteiger partial charge in [-0.15, -0.1) is 0 Å². The van der Waals surface area contributed by atoms with E-state index in [-0.39, 0.29) is 55.2 Å². The maximum atomic E-state index is 14.4. The van der Waals surface area contributed by atoms with Crippen LogP contribution in [0.25, 0.3) is 0 Å². The number of aliphatic hydroxyl groups excluding tert-OH is 3. The number of methoxy groups -OCH3 is 1. The Kier molecular flexibility index (Phi) is 4.25. The summed E-state index contributed by atoms with van der Waals surface area (Å²) in [5, 5.41) is 34.7. The fraction of sp³-hybridized carbons (Fsp3) is 0.957. The molecule has 0 aromatic carbocycles. The van der Waals surface area contributed by atoms with Crippen LogP contribution in [-0.4, -0.2) is 94.7 Å². The van der Waals surface area contributed by atoms with Crippen molar-refractivity contribution in [1.29, 1.82) is 0 Å². The van der Waals surface area contributed by atoms with E-state index in [0.29, 0.717) is 6.54 Å². The molecule has 31 heavy (non-hydrogen) atoms. The number of rotatable bonds is 2. The second-order valence-corrected chi connectivity index (χ2v) is 11.2. The topological polar surface area (TPSA) is 109 Å². The number of carbonyl (C=O) groups excluding carboxylic acids is 1. The maximum absolute atomic E-state index is 14.4. The SMILES string of the molecule is CCN1C[C@]2(C)CC[C@H](OC)[C@@]34C(=O)C[C@H]5C[C@@H](O)[C@@]6(C[C@@H]5O)OCO[C@]6([C@@H](O)[C@H]23)[C@@H]14. The van der Waals surface area contributed by atoms with Crippen LogP contribution in [0, 0.1) is 22.7 Å². The van der Waals surface area contributed by atoms with E-state index in [9.17, 15) is 20.1 Å². The maximum Gasteiger partial charge on any atom is 0.148 e. The lowest BCUT2D eigenvalue weighted by molar-refractivity contribution is -0.218. The number of ether oxygens (including phenoxy) is 3. The lowest BCUT2D eigenvalue weighted by Gasteiger charge is -2.62. The molecule has 5 aliphatic carbocycles. The zero-order valence-electron chi connectivity index (χ0n) is 18.6. The van der Waals surface area contributed by atoms with Crippen LogP contribution < -0.4 is 0 Å². The Morgan fingerprint density at radius 1 is 1.26 bits per heavy atom. The average Bonchev–Trinajstić information content (AvgIpc) is 3.19. The van der Waals surface area contributed by atoms with E-state index in [4.69, 9.17) is 14.2 Å². The summed E-state index contributed by atoms with van der Waals surface area (Å²) < 4.78 is 18.7. The predicted molar refractivity (Wildman–Crippen MR) is 108 cm³/mol. The smallest absolute Gasteiger partial charge is 0.148 e. The van der Waals surface area contributed by atoms with Gasteiger partial charge in [0.05, 0.1) is 35.9 Å². The molecule has 8 heteroatoms. The van der Waals surface area contributed by atoms with Gasteiger partial charge in [0, 0.05) is 32.4 Å². The van der Waals surface area contributed by atoms with Crippen LogP contribution in [0.1, 0.15) is 46.0 Å². The summed E-state index contributed by atoms with van der Waals surface area (Å²) in [6.07, 6.45) is -0.864. The molecule has 0 aromatic heterocycles. The fourth-order valence-corrected chi connectivity index (χ4v) is 9.37. The van der Waals surface area contributed by atoms with Gasteiger partial charge >= 0.3 is 0 Å². The Morgan fingerprint density at radius 2 is 2.03 bits per heavy atom. The first kappa shape index (κ1) is 21.0. The van der Waals surface area contributed by atoms with Crippen LogP contribution in [0.4, 0.5) is 0 Å². The second-order valence-electron chi connectivity index (χ2n) is 11.2. The molecule has 3 N–H and O–H groups in total. The summed E-state index contributed by atoms with van der Waals surface area (Å²) in [5.41, 5.74) is -3.78. The third-order valence-electron chi connectivity index (χ3n) is 10.3. The molecule has 7 aliphatic rings. The third-order valence-corrected chi connectivity index (χ3v) is 10.3. The van der Waals surface area contributed by atoms with Crippen molar-refractivity contribution in [3.05, 3.63) is 0 Å². The van der Waals surface area contributed by atoms with Crippen LogP contribution in [0.2, 0.25) is 0 Å². The Hall–Kier alpha value is -0.610. The second kappa shape index (κ2) is 6.29. The molecule has 8 nitrogen and oxygen atoms in total. The van der Waals surface area contributed by atoms with Gasteiger partial charge in [-0.3, -0.25) is 9.69 Å². The zero-order chi connectivity index (χ0) is 22.0. The third kappa shape index (κ3) is 2.02. The van der Waals surface area contributed by atoms with Crippen molar-refractivity contribution in [3.63, 3.8) is 0 Å². The summed E-state index contributed by atoms with van der Waals surface area (Å²) >= 11 is 0. The molecule has 0 aromatic rings. The summed E-state index contributed by atoms with van der Waals surface area (Å²) in [6, 6.07) is -0.475. The van der Waals surface area contributed by atoms with Gasteiger partial charge in [0.1, 0.15) is 23.8 Å². The van der Waals surface area contributed by atoms with Crippen LogP contribution >= 0.6 is 0 Å². The molecule has 3 spiro atoms. The lowest BCUT2D eigenvalue weighted by Crippen LogP contribution is -2.75. The Balaban J connectivity index is 1.71. The molecule has 7 rings (SSSR count). The minimum Gasteiger partial charge on any atom is -0.393 e. The van der Waals surface area contributed by atoms with Gasteiger partial charge in [0.2, 0.25) is 0 Å². The van der Waals surface area contributed by atoms with Gasteiger partial charge in [0.25, 0.3) is 0 Å². The number of Topliss-reactive ketones (excluding diaryl/α,β-unsaturated/α-hetero) is 1. The van der Waals surface area contributed by atoms with Crippen LogP contribution in [0.15, 0.2) is 0 Å².